The van der Waals surface area contributed by atoms with Crippen LogP contribution in [-0.2, 0) is 4.74 Å². The van der Waals surface area contributed by atoms with Crippen LogP contribution in [0.2, 0.25) is 0 Å². The Morgan fingerprint density at radius 2 is 1.70 bits per heavy atom. The van der Waals surface area contributed by atoms with Gasteiger partial charge in [0.15, 0.2) is 5.78 Å². The first-order valence-corrected chi connectivity index (χ1v) is 7.84. The third-order valence-electron chi connectivity index (χ3n) is 3.97. The van der Waals surface area contributed by atoms with Gasteiger partial charge in [-0.2, -0.15) is 0 Å². The maximum Gasteiger partial charge on any atom is 0.252 e. The minimum absolute atomic E-state index is 0.0796. The van der Waals surface area contributed by atoms with Crippen LogP contribution >= 0.6 is 0 Å². The fourth-order valence-corrected chi connectivity index (χ4v) is 2.73. The summed E-state index contributed by atoms with van der Waals surface area (Å²) in [6, 6.07) is 15.9. The normalized spacial score (nSPS) is 17.0. The highest BCUT2D eigenvalue weighted by Crippen LogP contribution is 2.15. The Hall–Kier alpha value is -2.46. The summed E-state index contributed by atoms with van der Waals surface area (Å²) < 4.78 is 5.50. The number of ether oxygens (including phenoxy) is 1. The van der Waals surface area contributed by atoms with Crippen molar-refractivity contribution in [3.8, 4) is 0 Å². The molecular formula is C19H19NO3. The minimum Gasteiger partial charge on any atom is -0.376 e. The van der Waals surface area contributed by atoms with E-state index in [1.807, 2.05) is 18.2 Å². The Morgan fingerprint density at radius 3 is 2.39 bits per heavy atom. The molecule has 0 radical (unpaired) electrons. The molecule has 1 atom stereocenters. The molecule has 1 aliphatic heterocycles. The predicted molar refractivity (Wildman–Crippen MR) is 87.6 cm³/mol. The molecule has 3 rings (SSSR count). The molecular weight excluding hydrogens is 290 g/mol. The molecule has 1 amide bonds. The van der Waals surface area contributed by atoms with E-state index in [0.717, 1.165) is 19.4 Å². The summed E-state index contributed by atoms with van der Waals surface area (Å²) in [5, 5.41) is 2.87. The van der Waals surface area contributed by atoms with Gasteiger partial charge in [0.25, 0.3) is 5.91 Å². The number of nitrogens with one attached hydrogen (secondary N) is 1. The molecule has 0 aliphatic carbocycles. The van der Waals surface area contributed by atoms with Crippen LogP contribution < -0.4 is 5.32 Å². The van der Waals surface area contributed by atoms with Gasteiger partial charge in [-0.1, -0.05) is 48.5 Å². The largest absolute Gasteiger partial charge is 0.376 e. The first kappa shape index (κ1) is 15.4. The van der Waals surface area contributed by atoms with Gasteiger partial charge >= 0.3 is 0 Å². The second kappa shape index (κ2) is 7.20. The highest BCUT2D eigenvalue weighted by Gasteiger charge is 2.20. The third-order valence-corrected chi connectivity index (χ3v) is 3.97. The van der Waals surface area contributed by atoms with E-state index in [2.05, 4.69) is 5.32 Å². The van der Waals surface area contributed by atoms with Crippen molar-refractivity contribution < 1.29 is 14.3 Å². The van der Waals surface area contributed by atoms with Gasteiger partial charge in [-0.05, 0) is 18.9 Å². The van der Waals surface area contributed by atoms with Crippen molar-refractivity contribution in [2.75, 3.05) is 13.2 Å². The van der Waals surface area contributed by atoms with Crippen molar-refractivity contribution in [2.24, 2.45) is 0 Å². The van der Waals surface area contributed by atoms with Crippen molar-refractivity contribution in [3.05, 3.63) is 71.3 Å². The monoisotopic (exact) mass is 309 g/mol. The highest BCUT2D eigenvalue weighted by molar-refractivity contribution is 6.15. The van der Waals surface area contributed by atoms with Crippen LogP contribution in [0.1, 0.15) is 39.1 Å². The fourth-order valence-electron chi connectivity index (χ4n) is 2.73. The zero-order valence-corrected chi connectivity index (χ0v) is 12.8. The van der Waals surface area contributed by atoms with Gasteiger partial charge in [-0.25, -0.2) is 0 Å². The zero-order valence-electron chi connectivity index (χ0n) is 12.8. The number of amides is 1. The molecule has 1 aliphatic rings. The average molecular weight is 309 g/mol. The Balaban J connectivity index is 1.77. The van der Waals surface area contributed by atoms with Crippen LogP contribution in [0.5, 0.6) is 0 Å². The molecule has 1 fully saturated rings. The van der Waals surface area contributed by atoms with Gasteiger partial charge in [0.05, 0.1) is 11.7 Å². The van der Waals surface area contributed by atoms with Crippen LogP contribution in [0.3, 0.4) is 0 Å². The second-order valence-corrected chi connectivity index (χ2v) is 5.59. The van der Waals surface area contributed by atoms with Crippen molar-refractivity contribution in [2.45, 2.75) is 18.9 Å². The number of ketones is 1. The molecule has 1 saturated heterocycles. The SMILES string of the molecule is O=C(NCC1CCCO1)c1ccccc1C(=O)c1ccccc1. The summed E-state index contributed by atoms with van der Waals surface area (Å²) in [6.07, 6.45) is 2.07. The third kappa shape index (κ3) is 3.66. The molecule has 1 unspecified atom stereocenters. The molecule has 0 saturated carbocycles. The van der Waals surface area contributed by atoms with Crippen molar-refractivity contribution in [1.82, 2.24) is 5.32 Å². The molecule has 118 valence electrons. The molecule has 2 aromatic carbocycles. The molecule has 2 aromatic rings. The van der Waals surface area contributed by atoms with Gasteiger partial charge in [0, 0.05) is 24.3 Å². The van der Waals surface area contributed by atoms with Crippen molar-refractivity contribution in [3.63, 3.8) is 0 Å². The summed E-state index contributed by atoms with van der Waals surface area (Å²) >= 11 is 0. The molecule has 0 spiro atoms. The molecule has 0 aromatic heterocycles. The Kier molecular flexibility index (Phi) is 4.83. The molecule has 1 heterocycles. The first-order valence-electron chi connectivity index (χ1n) is 7.84. The summed E-state index contributed by atoms with van der Waals surface area (Å²) in [6.45, 7) is 1.23. The number of hydrogen-bond acceptors (Lipinski definition) is 3. The van der Waals surface area contributed by atoms with E-state index in [-0.39, 0.29) is 17.8 Å². The minimum atomic E-state index is -0.236. The lowest BCUT2D eigenvalue weighted by Crippen LogP contribution is -2.32. The van der Waals surface area contributed by atoms with Crippen molar-refractivity contribution >= 4 is 11.7 Å². The topological polar surface area (TPSA) is 55.4 Å². The van der Waals surface area contributed by atoms with Crippen LogP contribution in [0.15, 0.2) is 54.6 Å². The number of hydrogen-bond donors (Lipinski definition) is 1. The van der Waals surface area contributed by atoms with Crippen molar-refractivity contribution in [1.29, 1.82) is 0 Å². The van der Waals surface area contributed by atoms with E-state index in [9.17, 15) is 9.59 Å². The highest BCUT2D eigenvalue weighted by atomic mass is 16.5. The number of carbonyl (C=O) groups is 2. The van der Waals surface area contributed by atoms with E-state index in [1.165, 1.54) is 0 Å². The standard InChI is InChI=1S/C19H19NO3/c21-18(14-7-2-1-3-8-14)16-10-4-5-11-17(16)19(22)20-13-15-9-6-12-23-15/h1-5,7-8,10-11,15H,6,9,12-13H2,(H,20,22). The quantitative estimate of drug-likeness (QED) is 0.864. The van der Waals surface area contributed by atoms with E-state index in [0.29, 0.717) is 23.2 Å². The smallest absolute Gasteiger partial charge is 0.252 e. The van der Waals surface area contributed by atoms with Crippen LogP contribution in [-0.4, -0.2) is 30.9 Å². The Labute approximate surface area is 135 Å². The lowest BCUT2D eigenvalue weighted by atomic mass is 9.98. The molecule has 23 heavy (non-hydrogen) atoms. The molecule has 4 nitrogen and oxygen atoms in total. The summed E-state index contributed by atoms with van der Waals surface area (Å²) in [7, 11) is 0. The van der Waals surface area contributed by atoms with Crippen LogP contribution in [0.25, 0.3) is 0 Å². The first-order chi connectivity index (χ1) is 11.3. The number of benzene rings is 2. The summed E-state index contributed by atoms with van der Waals surface area (Å²) in [5.41, 5.74) is 1.40. The van der Waals surface area contributed by atoms with Gasteiger partial charge in [-0.15, -0.1) is 0 Å². The van der Waals surface area contributed by atoms with E-state index < -0.39 is 0 Å². The Bertz CT molecular complexity index is 691. The van der Waals surface area contributed by atoms with E-state index in [1.54, 1.807) is 36.4 Å². The lowest BCUT2D eigenvalue weighted by molar-refractivity contribution is 0.0853. The number of rotatable bonds is 5. The second-order valence-electron chi connectivity index (χ2n) is 5.59. The van der Waals surface area contributed by atoms with Gasteiger partial charge in [0.2, 0.25) is 0 Å². The lowest BCUT2D eigenvalue weighted by Gasteiger charge is -2.12. The molecule has 1 N–H and O–H groups in total. The van der Waals surface area contributed by atoms with Gasteiger partial charge in [-0.3, -0.25) is 9.59 Å². The average Bonchev–Trinajstić information content (AvgIpc) is 3.13. The molecule has 0 bridgehead atoms. The van der Waals surface area contributed by atoms with Gasteiger partial charge in [0.1, 0.15) is 0 Å². The number of carbonyl (C=O) groups excluding carboxylic acids is 2. The predicted octanol–water partition coefficient (Wildman–Crippen LogP) is 2.83. The van der Waals surface area contributed by atoms with Gasteiger partial charge < -0.3 is 10.1 Å². The maximum absolute atomic E-state index is 12.6. The van der Waals surface area contributed by atoms with E-state index in [4.69, 9.17) is 4.74 Å². The Morgan fingerprint density at radius 1 is 1.00 bits per heavy atom. The van der Waals surface area contributed by atoms with Crippen LogP contribution in [0.4, 0.5) is 0 Å². The summed E-state index contributed by atoms with van der Waals surface area (Å²) in [5.74, 6) is -0.381. The zero-order chi connectivity index (χ0) is 16.1. The molecule has 4 heteroatoms. The fraction of sp³-hybridized carbons (Fsp3) is 0.263. The van der Waals surface area contributed by atoms with E-state index >= 15 is 0 Å². The summed E-state index contributed by atoms with van der Waals surface area (Å²) in [4.78, 5) is 25.1. The maximum atomic E-state index is 12.6. The van der Waals surface area contributed by atoms with Crippen LogP contribution in [0, 0.1) is 0 Å².